The summed E-state index contributed by atoms with van der Waals surface area (Å²) in [6.07, 6.45) is 1.63. The third-order valence-electron chi connectivity index (χ3n) is 3.42. The highest BCUT2D eigenvalue weighted by molar-refractivity contribution is 5.74. The predicted octanol–water partition coefficient (Wildman–Crippen LogP) is 2.18. The van der Waals surface area contributed by atoms with Gasteiger partial charge in [-0.25, -0.2) is 4.79 Å². The van der Waals surface area contributed by atoms with Gasteiger partial charge < -0.3 is 20.5 Å². The number of urea groups is 1. The number of methoxy groups -OCH3 is 1. The molecule has 3 N–H and O–H groups in total. The Labute approximate surface area is 126 Å². The first-order chi connectivity index (χ1) is 10.0. The van der Waals surface area contributed by atoms with Crippen LogP contribution in [0, 0.1) is 0 Å². The van der Waals surface area contributed by atoms with Crippen molar-refractivity contribution in [3.05, 3.63) is 35.4 Å². The fourth-order valence-corrected chi connectivity index (χ4v) is 2.25. The van der Waals surface area contributed by atoms with Crippen LogP contribution in [0.4, 0.5) is 4.79 Å². The first-order valence-corrected chi connectivity index (χ1v) is 7.27. The Morgan fingerprint density at radius 2 is 2.00 bits per heavy atom. The third kappa shape index (κ3) is 5.73. The molecule has 0 aliphatic carbocycles. The second-order valence-corrected chi connectivity index (χ2v) is 5.48. The fourth-order valence-electron chi connectivity index (χ4n) is 2.25. The molecule has 0 heterocycles. The molecule has 5 heteroatoms. The van der Waals surface area contributed by atoms with Crippen LogP contribution in [0.5, 0.6) is 0 Å². The lowest BCUT2D eigenvalue weighted by molar-refractivity contribution is 0.163. The number of carbonyl (C=O) groups excluding carboxylic acids is 1. The van der Waals surface area contributed by atoms with Gasteiger partial charge in [0.15, 0.2) is 0 Å². The van der Waals surface area contributed by atoms with Crippen LogP contribution in [0.15, 0.2) is 24.3 Å². The van der Waals surface area contributed by atoms with Gasteiger partial charge in [-0.3, -0.25) is 0 Å². The van der Waals surface area contributed by atoms with E-state index < -0.39 is 5.54 Å². The fraction of sp³-hybridized carbons (Fsp3) is 0.562. The number of carbonyl (C=O) groups is 1. The Balaban J connectivity index is 2.57. The quantitative estimate of drug-likeness (QED) is 0.688. The second-order valence-electron chi connectivity index (χ2n) is 5.48. The van der Waals surface area contributed by atoms with E-state index in [9.17, 15) is 9.90 Å². The van der Waals surface area contributed by atoms with Crippen LogP contribution in [-0.4, -0.2) is 30.4 Å². The molecule has 1 atom stereocenters. The summed E-state index contributed by atoms with van der Waals surface area (Å²) in [4.78, 5) is 12.0. The number of ether oxygens (including phenoxy) is 1. The Morgan fingerprint density at radius 1 is 1.33 bits per heavy atom. The summed E-state index contributed by atoms with van der Waals surface area (Å²) in [6.45, 7) is 4.74. The number of rotatable bonds is 8. The lowest BCUT2D eigenvalue weighted by Crippen LogP contribution is -2.52. The molecular weight excluding hydrogens is 268 g/mol. The molecule has 1 aromatic carbocycles. The maximum absolute atomic E-state index is 12.0. The molecule has 0 fully saturated rings. The van der Waals surface area contributed by atoms with E-state index in [0.717, 1.165) is 24.0 Å². The van der Waals surface area contributed by atoms with Crippen LogP contribution in [0.2, 0.25) is 0 Å². The molecule has 1 unspecified atom stereocenters. The zero-order valence-electron chi connectivity index (χ0n) is 13.1. The number of amides is 2. The monoisotopic (exact) mass is 294 g/mol. The molecule has 1 aromatic rings. The summed E-state index contributed by atoms with van der Waals surface area (Å²) < 4.78 is 5.14. The van der Waals surface area contributed by atoms with Crippen LogP contribution in [0.25, 0.3) is 0 Å². The number of aliphatic hydroxyl groups excluding tert-OH is 1. The van der Waals surface area contributed by atoms with Crippen molar-refractivity contribution < 1.29 is 14.6 Å². The minimum Gasteiger partial charge on any atom is -0.394 e. The molecule has 5 nitrogen and oxygen atoms in total. The zero-order chi connectivity index (χ0) is 15.7. The van der Waals surface area contributed by atoms with Gasteiger partial charge in [-0.05, 0) is 24.5 Å². The maximum atomic E-state index is 12.0. The van der Waals surface area contributed by atoms with Gasteiger partial charge in [-0.1, -0.05) is 37.6 Å². The second kappa shape index (κ2) is 8.64. The van der Waals surface area contributed by atoms with E-state index in [2.05, 4.69) is 10.6 Å². The minimum absolute atomic E-state index is 0.0749. The molecule has 0 aromatic heterocycles. The Kier molecular flexibility index (Phi) is 7.19. The number of benzene rings is 1. The molecule has 0 bridgehead atoms. The topological polar surface area (TPSA) is 70.6 Å². The van der Waals surface area contributed by atoms with Crippen molar-refractivity contribution in [1.82, 2.24) is 10.6 Å². The summed E-state index contributed by atoms with van der Waals surface area (Å²) in [5.41, 5.74) is 1.50. The number of hydrogen-bond donors (Lipinski definition) is 3. The van der Waals surface area contributed by atoms with Crippen LogP contribution < -0.4 is 10.6 Å². The average Bonchev–Trinajstić information content (AvgIpc) is 2.47. The Hall–Kier alpha value is -1.59. The number of aliphatic hydroxyl groups is 1. The van der Waals surface area contributed by atoms with Gasteiger partial charge in [0.25, 0.3) is 0 Å². The van der Waals surface area contributed by atoms with Crippen molar-refractivity contribution in [2.24, 2.45) is 0 Å². The van der Waals surface area contributed by atoms with E-state index in [1.165, 1.54) is 0 Å². The van der Waals surface area contributed by atoms with Crippen molar-refractivity contribution in [3.8, 4) is 0 Å². The maximum Gasteiger partial charge on any atom is 0.315 e. The molecule has 118 valence electrons. The zero-order valence-corrected chi connectivity index (χ0v) is 13.1. The van der Waals surface area contributed by atoms with Gasteiger partial charge in [0.05, 0.1) is 18.8 Å². The predicted molar refractivity (Wildman–Crippen MR) is 82.9 cm³/mol. The highest BCUT2D eigenvalue weighted by Gasteiger charge is 2.24. The lowest BCUT2D eigenvalue weighted by Gasteiger charge is -2.28. The SMILES string of the molecule is CCCC(C)(CO)NC(=O)NCc1ccccc1COC. The van der Waals surface area contributed by atoms with E-state index in [4.69, 9.17) is 4.74 Å². The van der Waals surface area contributed by atoms with E-state index in [1.807, 2.05) is 38.1 Å². The van der Waals surface area contributed by atoms with Crippen LogP contribution in [0.3, 0.4) is 0 Å². The molecule has 2 amide bonds. The molecule has 21 heavy (non-hydrogen) atoms. The van der Waals surface area contributed by atoms with Crippen LogP contribution >= 0.6 is 0 Å². The van der Waals surface area contributed by atoms with Gasteiger partial charge in [0.2, 0.25) is 0 Å². The standard InChI is InChI=1S/C16H26N2O3/c1-4-9-16(2,12-19)18-15(20)17-10-13-7-5-6-8-14(13)11-21-3/h5-8,19H,4,9-12H2,1-3H3,(H2,17,18,20). The molecule has 0 saturated carbocycles. The highest BCUT2D eigenvalue weighted by atomic mass is 16.5. The lowest BCUT2D eigenvalue weighted by atomic mass is 9.98. The molecule has 0 aliphatic heterocycles. The summed E-state index contributed by atoms with van der Waals surface area (Å²) in [5, 5.41) is 15.1. The summed E-state index contributed by atoms with van der Waals surface area (Å²) in [7, 11) is 1.65. The molecule has 1 rings (SSSR count). The van der Waals surface area contributed by atoms with Crippen LogP contribution in [0.1, 0.15) is 37.8 Å². The highest BCUT2D eigenvalue weighted by Crippen LogP contribution is 2.12. The summed E-state index contributed by atoms with van der Waals surface area (Å²) in [5.74, 6) is 0. The Bertz CT molecular complexity index is 451. The number of hydrogen-bond acceptors (Lipinski definition) is 3. The van der Waals surface area contributed by atoms with Gasteiger partial charge in [-0.15, -0.1) is 0 Å². The summed E-state index contributed by atoms with van der Waals surface area (Å²) >= 11 is 0. The first-order valence-electron chi connectivity index (χ1n) is 7.27. The molecule has 0 spiro atoms. The Morgan fingerprint density at radius 3 is 2.57 bits per heavy atom. The largest absolute Gasteiger partial charge is 0.394 e. The van der Waals surface area contributed by atoms with Crippen molar-refractivity contribution in [2.45, 2.75) is 45.4 Å². The average molecular weight is 294 g/mol. The molecule has 0 saturated heterocycles. The van der Waals surface area contributed by atoms with Crippen molar-refractivity contribution in [2.75, 3.05) is 13.7 Å². The van der Waals surface area contributed by atoms with Gasteiger partial charge in [0, 0.05) is 13.7 Å². The molecule has 0 radical (unpaired) electrons. The van der Waals surface area contributed by atoms with Crippen molar-refractivity contribution in [3.63, 3.8) is 0 Å². The minimum atomic E-state index is -0.578. The van der Waals surface area contributed by atoms with E-state index in [1.54, 1.807) is 7.11 Å². The van der Waals surface area contributed by atoms with Crippen LogP contribution in [-0.2, 0) is 17.9 Å². The first kappa shape index (κ1) is 17.5. The van der Waals surface area contributed by atoms with E-state index >= 15 is 0 Å². The van der Waals surface area contributed by atoms with Gasteiger partial charge in [-0.2, -0.15) is 0 Å². The van der Waals surface area contributed by atoms with E-state index in [-0.39, 0.29) is 12.6 Å². The third-order valence-corrected chi connectivity index (χ3v) is 3.42. The summed E-state index contributed by atoms with van der Waals surface area (Å²) in [6, 6.07) is 7.55. The number of nitrogens with one attached hydrogen (secondary N) is 2. The van der Waals surface area contributed by atoms with Crippen molar-refractivity contribution >= 4 is 6.03 Å². The molecular formula is C16H26N2O3. The normalized spacial score (nSPS) is 13.5. The van der Waals surface area contributed by atoms with Gasteiger partial charge in [0.1, 0.15) is 0 Å². The smallest absolute Gasteiger partial charge is 0.315 e. The molecule has 0 aliphatic rings. The van der Waals surface area contributed by atoms with E-state index in [0.29, 0.717) is 13.2 Å². The van der Waals surface area contributed by atoms with Crippen molar-refractivity contribution in [1.29, 1.82) is 0 Å². The van der Waals surface area contributed by atoms with Gasteiger partial charge >= 0.3 is 6.03 Å².